The molecule has 1 atom stereocenters. The summed E-state index contributed by atoms with van der Waals surface area (Å²) in [4.78, 5) is 31.9. The lowest BCUT2D eigenvalue weighted by Crippen LogP contribution is -2.65. The third-order valence-corrected chi connectivity index (χ3v) is 8.01. The Morgan fingerprint density at radius 3 is 2.50 bits per heavy atom. The molecule has 1 saturated carbocycles. The Kier molecular flexibility index (Phi) is 6.82. The average molecular weight is 467 g/mol. The molecule has 0 aromatic carbocycles. The molecule has 2 aromatic heterocycles. The van der Waals surface area contributed by atoms with Crippen LogP contribution in [0.1, 0.15) is 75.2 Å². The molecule has 34 heavy (non-hydrogen) atoms. The summed E-state index contributed by atoms with van der Waals surface area (Å²) in [6.07, 6.45) is 12.0. The Morgan fingerprint density at radius 1 is 1.03 bits per heavy atom. The number of aromatic nitrogens is 1. The molecule has 3 aliphatic rings. The van der Waals surface area contributed by atoms with Crippen LogP contribution >= 0.6 is 0 Å². The van der Waals surface area contributed by atoms with Gasteiger partial charge < -0.3 is 24.1 Å². The number of hydrogen-bond acceptors (Lipinski definition) is 4. The summed E-state index contributed by atoms with van der Waals surface area (Å²) >= 11 is 0. The number of piperidine rings is 1. The number of nitrogens with one attached hydrogen (secondary N) is 1. The van der Waals surface area contributed by atoms with Crippen molar-refractivity contribution in [3.63, 3.8) is 0 Å². The van der Waals surface area contributed by atoms with E-state index >= 15 is 0 Å². The second kappa shape index (κ2) is 9.98. The lowest BCUT2D eigenvalue weighted by atomic mass is 9.91. The Hall–Kier alpha value is -2.54. The summed E-state index contributed by atoms with van der Waals surface area (Å²) < 4.78 is 7.61. The second-order valence-corrected chi connectivity index (χ2v) is 10.5. The Morgan fingerprint density at radius 2 is 1.76 bits per heavy atom. The van der Waals surface area contributed by atoms with Gasteiger partial charge in [-0.25, -0.2) is 0 Å². The van der Waals surface area contributed by atoms with Crippen molar-refractivity contribution in [2.45, 2.75) is 82.8 Å². The first-order valence-electron chi connectivity index (χ1n) is 13.1. The minimum atomic E-state index is -0.941. The van der Waals surface area contributed by atoms with Crippen molar-refractivity contribution in [1.29, 1.82) is 0 Å². The van der Waals surface area contributed by atoms with Gasteiger partial charge in [-0.3, -0.25) is 9.59 Å². The van der Waals surface area contributed by atoms with Gasteiger partial charge in [-0.2, -0.15) is 0 Å². The lowest BCUT2D eigenvalue weighted by molar-refractivity contribution is -0.133. The molecular formula is C27H38N4O3. The third kappa shape index (κ3) is 4.54. The first kappa shape index (κ1) is 23.2. The number of carbonyl (C=O) groups excluding carboxylic acids is 2. The van der Waals surface area contributed by atoms with Crippen LogP contribution in [0.3, 0.4) is 0 Å². The predicted molar refractivity (Wildman–Crippen MR) is 131 cm³/mol. The van der Waals surface area contributed by atoms with Crippen LogP contribution in [0.5, 0.6) is 0 Å². The molecule has 1 aliphatic carbocycles. The molecule has 4 heterocycles. The first-order chi connectivity index (χ1) is 16.6. The number of hydrogen-bond donors (Lipinski definition) is 1. The molecule has 0 radical (unpaired) electrons. The molecule has 5 rings (SSSR count). The molecular weight excluding hydrogens is 428 g/mol. The van der Waals surface area contributed by atoms with Crippen LogP contribution in [0, 0.1) is 0 Å². The molecule has 7 nitrogen and oxygen atoms in total. The molecule has 0 bridgehead atoms. The smallest absolute Gasteiger partial charge is 0.271 e. The van der Waals surface area contributed by atoms with Gasteiger partial charge >= 0.3 is 0 Å². The lowest BCUT2D eigenvalue weighted by Gasteiger charge is -2.45. The van der Waals surface area contributed by atoms with Crippen LogP contribution in [-0.4, -0.2) is 63.9 Å². The summed E-state index contributed by atoms with van der Waals surface area (Å²) in [5, 5.41) is 3.32. The van der Waals surface area contributed by atoms with E-state index in [0.29, 0.717) is 24.5 Å². The number of nitrogens with zero attached hydrogens (tertiary/aromatic N) is 3. The van der Waals surface area contributed by atoms with Crippen molar-refractivity contribution in [3.8, 4) is 11.5 Å². The summed E-state index contributed by atoms with van der Waals surface area (Å²) in [6, 6.07) is 7.76. The van der Waals surface area contributed by atoms with Crippen molar-refractivity contribution < 1.29 is 14.0 Å². The molecule has 0 spiro atoms. The number of rotatable bonds is 7. The molecule has 184 valence electrons. The van der Waals surface area contributed by atoms with Gasteiger partial charge in [0.2, 0.25) is 5.91 Å². The first-order valence-corrected chi connectivity index (χ1v) is 13.1. The van der Waals surface area contributed by atoms with Gasteiger partial charge in [-0.1, -0.05) is 25.7 Å². The maximum atomic E-state index is 13.8. The number of likely N-dealkylation sites (tertiary alicyclic amines) is 1. The average Bonchev–Trinajstić information content (AvgIpc) is 3.52. The summed E-state index contributed by atoms with van der Waals surface area (Å²) in [5.41, 5.74) is 0.536. The topological polar surface area (TPSA) is 70.7 Å². The predicted octanol–water partition coefficient (Wildman–Crippen LogP) is 4.29. The van der Waals surface area contributed by atoms with Gasteiger partial charge in [0, 0.05) is 12.6 Å². The highest BCUT2D eigenvalue weighted by molar-refractivity contribution is 6.00. The van der Waals surface area contributed by atoms with Crippen LogP contribution in [-0.2, 0) is 11.3 Å². The van der Waals surface area contributed by atoms with E-state index in [1.807, 2.05) is 40.7 Å². The highest BCUT2D eigenvalue weighted by Gasteiger charge is 2.48. The van der Waals surface area contributed by atoms with Crippen LogP contribution in [0.4, 0.5) is 0 Å². The van der Waals surface area contributed by atoms with Gasteiger partial charge in [0.1, 0.15) is 17.0 Å². The Bertz CT molecular complexity index is 986. The zero-order chi connectivity index (χ0) is 23.5. The van der Waals surface area contributed by atoms with E-state index in [-0.39, 0.29) is 17.9 Å². The van der Waals surface area contributed by atoms with Crippen LogP contribution < -0.4 is 5.32 Å². The minimum Gasteiger partial charge on any atom is -0.463 e. The third-order valence-electron chi connectivity index (χ3n) is 8.01. The minimum absolute atomic E-state index is 0.0320. The van der Waals surface area contributed by atoms with Crippen molar-refractivity contribution in [2.75, 3.05) is 26.2 Å². The molecule has 2 aromatic rings. The Balaban J connectivity index is 1.39. The molecule has 1 N–H and O–H groups in total. The zero-order valence-corrected chi connectivity index (χ0v) is 20.4. The zero-order valence-electron chi connectivity index (χ0n) is 20.4. The standard InChI is InChI=1S/C27H38N4O3/c1-27(26(33)28-21-10-4-2-5-11-21)20-30-22(24-12-8-19-34-24)13-14-23(30)25(32)31(27)18-9-17-29-15-6-3-7-16-29/h8,12-14,19,21H,2-7,9-11,15-18,20H2,1H3,(H,28,33)/t27-/m0/s1. The van der Waals surface area contributed by atoms with Crippen LogP contribution in [0.25, 0.3) is 11.5 Å². The van der Waals surface area contributed by atoms with E-state index in [1.54, 1.807) is 6.26 Å². The maximum absolute atomic E-state index is 13.8. The SMILES string of the molecule is C[C@@]1(C(=O)NC2CCCCC2)Cn2c(ccc2-c2ccco2)C(=O)N1CCCN1CCCCC1. The largest absolute Gasteiger partial charge is 0.463 e. The maximum Gasteiger partial charge on any atom is 0.271 e. The number of amides is 2. The van der Waals surface area contributed by atoms with Crippen LogP contribution in [0.15, 0.2) is 34.9 Å². The molecule has 0 unspecified atom stereocenters. The molecule has 2 fully saturated rings. The Labute approximate surface area is 202 Å². The normalized spacial score (nSPS) is 24.3. The quantitative estimate of drug-likeness (QED) is 0.661. The van der Waals surface area contributed by atoms with Gasteiger partial charge in [-0.15, -0.1) is 0 Å². The summed E-state index contributed by atoms with van der Waals surface area (Å²) in [7, 11) is 0. The number of furan rings is 1. The van der Waals surface area contributed by atoms with E-state index in [1.165, 1.54) is 25.7 Å². The van der Waals surface area contributed by atoms with E-state index in [2.05, 4.69) is 10.2 Å². The van der Waals surface area contributed by atoms with E-state index < -0.39 is 5.54 Å². The fraction of sp³-hybridized carbons (Fsp3) is 0.630. The number of fused-ring (bicyclic) bond motifs is 1. The highest BCUT2D eigenvalue weighted by Crippen LogP contribution is 2.34. The van der Waals surface area contributed by atoms with Crippen molar-refractivity contribution in [2.24, 2.45) is 0 Å². The van der Waals surface area contributed by atoms with Crippen molar-refractivity contribution in [1.82, 2.24) is 19.7 Å². The molecule has 2 aliphatic heterocycles. The molecule has 2 amide bonds. The summed E-state index contributed by atoms with van der Waals surface area (Å²) in [6.45, 7) is 6.22. The van der Waals surface area contributed by atoms with Crippen molar-refractivity contribution >= 4 is 11.8 Å². The van der Waals surface area contributed by atoms with Crippen molar-refractivity contribution in [3.05, 3.63) is 36.2 Å². The molecule has 1 saturated heterocycles. The van der Waals surface area contributed by atoms with Gasteiger partial charge in [-0.05, 0) is 82.9 Å². The number of carbonyl (C=O) groups is 2. The monoisotopic (exact) mass is 466 g/mol. The van der Waals surface area contributed by atoms with Gasteiger partial charge in [0.05, 0.1) is 18.5 Å². The van der Waals surface area contributed by atoms with Crippen LogP contribution in [0.2, 0.25) is 0 Å². The fourth-order valence-corrected chi connectivity index (χ4v) is 5.99. The van der Waals surface area contributed by atoms with Gasteiger partial charge in [0.15, 0.2) is 0 Å². The van der Waals surface area contributed by atoms with E-state index in [0.717, 1.165) is 57.4 Å². The highest BCUT2D eigenvalue weighted by atomic mass is 16.3. The fourth-order valence-electron chi connectivity index (χ4n) is 5.99. The van der Waals surface area contributed by atoms with Gasteiger partial charge in [0.25, 0.3) is 5.91 Å². The second-order valence-electron chi connectivity index (χ2n) is 10.5. The molecule has 7 heteroatoms. The summed E-state index contributed by atoms with van der Waals surface area (Å²) in [5.74, 6) is 0.618. The van der Waals surface area contributed by atoms with E-state index in [4.69, 9.17) is 4.42 Å². The van der Waals surface area contributed by atoms with E-state index in [9.17, 15) is 9.59 Å².